The number of rotatable bonds is 2. The van der Waals surface area contributed by atoms with Crippen molar-refractivity contribution in [3.05, 3.63) is 58.8 Å². The highest BCUT2D eigenvalue weighted by Gasteiger charge is 2.20. The number of benzene rings is 2. The maximum atomic E-state index is 12.5. The lowest BCUT2D eigenvalue weighted by molar-refractivity contribution is 0.101. The Labute approximate surface area is 124 Å². The lowest BCUT2D eigenvalue weighted by atomic mass is 10.1. The quantitative estimate of drug-likeness (QED) is 0.670. The third-order valence-corrected chi connectivity index (χ3v) is 3.70. The predicted octanol–water partition coefficient (Wildman–Crippen LogP) is 4.05. The summed E-state index contributed by atoms with van der Waals surface area (Å²) >= 11 is 6.09. The lowest BCUT2D eigenvalue weighted by Gasteiger charge is -1.99. The summed E-state index contributed by atoms with van der Waals surface area (Å²) in [5.41, 5.74) is 1.07. The van der Waals surface area contributed by atoms with Crippen LogP contribution in [0.3, 0.4) is 0 Å². The molecule has 1 aliphatic heterocycles. The summed E-state index contributed by atoms with van der Waals surface area (Å²) in [6.07, 6.45) is 0. The van der Waals surface area contributed by atoms with Gasteiger partial charge in [-0.15, -0.1) is 0 Å². The van der Waals surface area contributed by atoms with Crippen LogP contribution in [0, 0.1) is 0 Å². The molecule has 3 aromatic rings. The van der Waals surface area contributed by atoms with Gasteiger partial charge in [-0.25, -0.2) is 0 Å². The average molecular weight is 301 g/mol. The molecule has 0 bridgehead atoms. The minimum atomic E-state index is -0.222. The Kier molecular flexibility index (Phi) is 2.65. The molecule has 1 aliphatic rings. The summed E-state index contributed by atoms with van der Waals surface area (Å²) in [7, 11) is 0. The molecule has 0 fully saturated rings. The molecule has 0 radical (unpaired) electrons. The first-order valence-electron chi connectivity index (χ1n) is 6.35. The monoisotopic (exact) mass is 300 g/mol. The fourth-order valence-corrected chi connectivity index (χ4v) is 2.54. The second-order valence-corrected chi connectivity index (χ2v) is 5.07. The highest BCUT2D eigenvalue weighted by atomic mass is 35.5. The number of hydrogen-bond acceptors (Lipinski definition) is 4. The Balaban J connectivity index is 1.77. The molecule has 5 heteroatoms. The van der Waals surface area contributed by atoms with E-state index in [1.54, 1.807) is 42.5 Å². The zero-order valence-electron chi connectivity index (χ0n) is 10.8. The van der Waals surface area contributed by atoms with Gasteiger partial charge in [0, 0.05) is 10.9 Å². The van der Waals surface area contributed by atoms with Crippen LogP contribution in [-0.4, -0.2) is 12.6 Å². The van der Waals surface area contributed by atoms with Gasteiger partial charge < -0.3 is 13.9 Å². The molecule has 0 N–H and O–H groups in total. The summed E-state index contributed by atoms with van der Waals surface area (Å²) in [6, 6.07) is 12.0. The number of furan rings is 1. The van der Waals surface area contributed by atoms with Crippen LogP contribution in [-0.2, 0) is 0 Å². The van der Waals surface area contributed by atoms with E-state index in [1.165, 1.54) is 0 Å². The summed E-state index contributed by atoms with van der Waals surface area (Å²) in [6.45, 7) is 0.174. The van der Waals surface area contributed by atoms with E-state index in [-0.39, 0.29) is 18.3 Å². The molecule has 104 valence electrons. The molecule has 4 rings (SSSR count). The topological polar surface area (TPSA) is 48.7 Å². The molecule has 0 amide bonds. The molecule has 0 saturated carbocycles. The van der Waals surface area contributed by atoms with Crippen molar-refractivity contribution in [2.24, 2.45) is 0 Å². The van der Waals surface area contributed by atoms with Gasteiger partial charge in [-0.3, -0.25) is 4.79 Å². The Morgan fingerprint density at radius 2 is 1.90 bits per heavy atom. The van der Waals surface area contributed by atoms with Crippen LogP contribution in [0.15, 0.2) is 46.9 Å². The van der Waals surface area contributed by atoms with Gasteiger partial charge in [0.2, 0.25) is 12.6 Å². The summed E-state index contributed by atoms with van der Waals surface area (Å²) < 4.78 is 16.1. The Bertz CT molecular complexity index is 866. The normalized spacial score (nSPS) is 12.8. The molecule has 21 heavy (non-hydrogen) atoms. The van der Waals surface area contributed by atoms with Crippen LogP contribution >= 0.6 is 11.6 Å². The van der Waals surface area contributed by atoms with Crippen LogP contribution in [0.1, 0.15) is 16.1 Å². The van der Waals surface area contributed by atoms with Crippen molar-refractivity contribution in [3.8, 4) is 11.5 Å². The number of carbonyl (C=O) groups is 1. The summed E-state index contributed by atoms with van der Waals surface area (Å²) in [5, 5.41) is 1.28. The highest BCUT2D eigenvalue weighted by molar-refractivity contribution is 6.35. The molecule has 2 heterocycles. The molecule has 2 aromatic carbocycles. The van der Waals surface area contributed by atoms with Crippen molar-refractivity contribution in [2.75, 3.05) is 6.79 Å². The first-order valence-corrected chi connectivity index (χ1v) is 6.72. The number of hydrogen-bond donors (Lipinski definition) is 0. The lowest BCUT2D eigenvalue weighted by Crippen LogP contribution is -1.99. The molecule has 0 saturated heterocycles. The maximum absolute atomic E-state index is 12.5. The van der Waals surface area contributed by atoms with E-state index >= 15 is 0 Å². The fourth-order valence-electron chi connectivity index (χ4n) is 2.32. The minimum absolute atomic E-state index is 0.174. The number of halogens is 1. The molecule has 0 unspecified atom stereocenters. The van der Waals surface area contributed by atoms with Crippen molar-refractivity contribution < 1.29 is 18.7 Å². The zero-order chi connectivity index (χ0) is 14.4. The third kappa shape index (κ3) is 1.96. The van der Waals surface area contributed by atoms with Crippen molar-refractivity contribution >= 4 is 28.4 Å². The van der Waals surface area contributed by atoms with Crippen molar-refractivity contribution in [1.82, 2.24) is 0 Å². The van der Waals surface area contributed by atoms with Gasteiger partial charge in [-0.1, -0.05) is 17.7 Å². The predicted molar refractivity (Wildman–Crippen MR) is 77.2 cm³/mol. The van der Waals surface area contributed by atoms with Crippen LogP contribution in [0.2, 0.25) is 5.02 Å². The van der Waals surface area contributed by atoms with Gasteiger partial charge >= 0.3 is 0 Å². The minimum Gasteiger partial charge on any atom is -0.454 e. The maximum Gasteiger partial charge on any atom is 0.231 e. The molecular formula is C16H9ClO4. The van der Waals surface area contributed by atoms with E-state index in [0.717, 1.165) is 5.39 Å². The van der Waals surface area contributed by atoms with Crippen molar-refractivity contribution in [1.29, 1.82) is 0 Å². The number of fused-ring (bicyclic) bond motifs is 2. The number of ether oxygens (including phenoxy) is 2. The number of carbonyl (C=O) groups excluding carboxylic acids is 1. The van der Waals surface area contributed by atoms with E-state index in [4.69, 9.17) is 25.5 Å². The molecular weight excluding hydrogens is 292 g/mol. The molecule has 1 aromatic heterocycles. The van der Waals surface area contributed by atoms with Crippen molar-refractivity contribution in [3.63, 3.8) is 0 Å². The molecule has 0 aliphatic carbocycles. The SMILES string of the molecule is O=C(c1ccc2c(c1)OCO2)c1cc2c(Cl)cccc2o1. The van der Waals surface area contributed by atoms with Gasteiger partial charge in [0.05, 0.1) is 5.02 Å². The van der Waals surface area contributed by atoms with Crippen LogP contribution in [0.4, 0.5) is 0 Å². The standard InChI is InChI=1S/C16H9ClO4/c17-11-2-1-3-12-10(11)7-15(21-12)16(18)9-4-5-13-14(6-9)20-8-19-13/h1-7H,8H2. The third-order valence-electron chi connectivity index (χ3n) is 3.37. The van der Waals surface area contributed by atoms with E-state index in [9.17, 15) is 4.79 Å². The second kappa shape index (κ2) is 4.53. The van der Waals surface area contributed by atoms with Crippen LogP contribution in [0.5, 0.6) is 11.5 Å². The average Bonchev–Trinajstić information content (AvgIpc) is 3.12. The smallest absolute Gasteiger partial charge is 0.231 e. The van der Waals surface area contributed by atoms with Gasteiger partial charge in [-0.2, -0.15) is 0 Å². The first-order chi connectivity index (χ1) is 10.2. The van der Waals surface area contributed by atoms with E-state index in [2.05, 4.69) is 0 Å². The zero-order valence-corrected chi connectivity index (χ0v) is 11.5. The summed E-state index contributed by atoms with van der Waals surface area (Å²) in [4.78, 5) is 12.5. The largest absolute Gasteiger partial charge is 0.454 e. The Morgan fingerprint density at radius 3 is 2.76 bits per heavy atom. The molecule has 0 atom stereocenters. The fraction of sp³-hybridized carbons (Fsp3) is 0.0625. The van der Waals surface area contributed by atoms with E-state index < -0.39 is 0 Å². The van der Waals surface area contributed by atoms with Crippen LogP contribution < -0.4 is 9.47 Å². The Hall–Kier alpha value is -2.46. The Morgan fingerprint density at radius 1 is 1.05 bits per heavy atom. The summed E-state index contributed by atoms with van der Waals surface area (Å²) in [5.74, 6) is 1.23. The van der Waals surface area contributed by atoms with Gasteiger partial charge in [0.25, 0.3) is 0 Å². The van der Waals surface area contributed by atoms with E-state index in [1.807, 2.05) is 0 Å². The van der Waals surface area contributed by atoms with Gasteiger partial charge in [-0.05, 0) is 36.4 Å². The van der Waals surface area contributed by atoms with Crippen molar-refractivity contribution in [2.45, 2.75) is 0 Å². The van der Waals surface area contributed by atoms with Gasteiger partial charge in [0.1, 0.15) is 5.58 Å². The van der Waals surface area contributed by atoms with E-state index in [0.29, 0.717) is 27.7 Å². The van der Waals surface area contributed by atoms with Gasteiger partial charge in [0.15, 0.2) is 17.3 Å². The second-order valence-electron chi connectivity index (χ2n) is 4.66. The first kappa shape index (κ1) is 12.3. The number of ketones is 1. The highest BCUT2D eigenvalue weighted by Crippen LogP contribution is 2.34. The van der Waals surface area contributed by atoms with Crippen LogP contribution in [0.25, 0.3) is 11.0 Å². The molecule has 4 nitrogen and oxygen atoms in total. The molecule has 0 spiro atoms.